The van der Waals surface area contributed by atoms with E-state index >= 15 is 0 Å². The van der Waals surface area contributed by atoms with Gasteiger partial charge in [-0.25, -0.2) is 0 Å². The molecule has 1 saturated heterocycles. The average Bonchev–Trinajstić information content (AvgIpc) is 3.49. The fraction of sp³-hybridized carbons (Fsp3) is 0.333. The summed E-state index contributed by atoms with van der Waals surface area (Å²) in [6.07, 6.45) is -1.98. The van der Waals surface area contributed by atoms with Crippen LogP contribution >= 0.6 is 11.8 Å². The lowest BCUT2D eigenvalue weighted by molar-refractivity contribution is -0.143. The summed E-state index contributed by atoms with van der Waals surface area (Å²) in [4.78, 5) is 39.3. The molecule has 204 valence electrons. The van der Waals surface area contributed by atoms with Crippen molar-refractivity contribution in [3.05, 3.63) is 64.2 Å². The van der Waals surface area contributed by atoms with Crippen molar-refractivity contribution in [3.63, 3.8) is 0 Å². The third-order valence-corrected chi connectivity index (χ3v) is 8.26. The SMILES string of the molecule is COc1ccc(C/C(=C2/SC(=O)N(C3CCC(C(=O)O)CC3)C2=O)c2ccc3[nH]ncc3c2)c(C(F)(F)F)c1. The molecule has 0 atom stereocenters. The number of thioether (sulfide) groups is 1. The summed E-state index contributed by atoms with van der Waals surface area (Å²) in [6.45, 7) is 0. The maximum atomic E-state index is 14.0. The standard InChI is InChI=1S/C27H24F3N3O5S/c1-38-19-8-4-16(21(12-19)27(28,29)30)11-20(15-5-9-22-17(10-15)13-31-32-22)23-24(34)33(26(37)39-23)18-6-2-14(3-7-18)25(35)36/h4-5,8-10,12-14,18H,2-3,6-7,11H2,1H3,(H,31,32)(H,35,36)/b23-20-. The predicted octanol–water partition coefficient (Wildman–Crippen LogP) is 5.88. The van der Waals surface area contributed by atoms with Gasteiger partial charge >= 0.3 is 12.1 Å². The summed E-state index contributed by atoms with van der Waals surface area (Å²) in [6, 6.07) is 8.31. The highest BCUT2D eigenvalue weighted by Crippen LogP contribution is 2.43. The van der Waals surface area contributed by atoms with Crippen LogP contribution in [0.3, 0.4) is 0 Å². The van der Waals surface area contributed by atoms with Gasteiger partial charge in [0.1, 0.15) is 5.75 Å². The van der Waals surface area contributed by atoms with Crippen molar-refractivity contribution in [2.45, 2.75) is 44.3 Å². The highest BCUT2D eigenvalue weighted by molar-refractivity contribution is 8.18. The van der Waals surface area contributed by atoms with Crippen LogP contribution in [0.1, 0.15) is 42.4 Å². The van der Waals surface area contributed by atoms with Crippen LogP contribution < -0.4 is 4.74 Å². The Morgan fingerprint density at radius 1 is 1.15 bits per heavy atom. The number of imide groups is 1. The zero-order chi connectivity index (χ0) is 27.9. The summed E-state index contributed by atoms with van der Waals surface area (Å²) >= 11 is 0.705. The Labute approximate surface area is 225 Å². The summed E-state index contributed by atoms with van der Waals surface area (Å²) in [5.74, 6) is -1.96. The van der Waals surface area contributed by atoms with Gasteiger partial charge < -0.3 is 9.84 Å². The van der Waals surface area contributed by atoms with Crippen molar-refractivity contribution in [1.82, 2.24) is 15.1 Å². The highest BCUT2D eigenvalue weighted by atomic mass is 32.2. The number of nitrogens with zero attached hydrogens (tertiary/aromatic N) is 2. The number of aliphatic carboxylic acids is 1. The molecule has 0 spiro atoms. The molecule has 2 N–H and O–H groups in total. The van der Waals surface area contributed by atoms with Crippen LogP contribution in [0.4, 0.5) is 18.0 Å². The van der Waals surface area contributed by atoms with Gasteiger partial charge in [-0.1, -0.05) is 12.1 Å². The number of alkyl halides is 3. The van der Waals surface area contributed by atoms with Crippen molar-refractivity contribution in [2.75, 3.05) is 7.11 Å². The lowest BCUT2D eigenvalue weighted by Gasteiger charge is -2.31. The van der Waals surface area contributed by atoms with E-state index in [1.807, 2.05) is 0 Å². The number of hydrogen-bond donors (Lipinski definition) is 2. The first kappa shape index (κ1) is 26.8. The van der Waals surface area contributed by atoms with Crippen molar-refractivity contribution >= 4 is 45.4 Å². The number of aromatic amines is 1. The molecular formula is C27H24F3N3O5S. The molecule has 8 nitrogen and oxygen atoms in total. The fourth-order valence-electron chi connectivity index (χ4n) is 5.19. The molecule has 5 rings (SSSR count). The Balaban J connectivity index is 1.58. The second-order valence-corrected chi connectivity index (χ2v) is 10.5. The van der Waals surface area contributed by atoms with Crippen LogP contribution in [0, 0.1) is 5.92 Å². The number of carboxylic acids is 1. The Morgan fingerprint density at radius 2 is 1.90 bits per heavy atom. The van der Waals surface area contributed by atoms with E-state index in [4.69, 9.17) is 4.74 Å². The number of allylic oxidation sites excluding steroid dienone is 1. The minimum Gasteiger partial charge on any atom is -0.497 e. The number of benzene rings is 2. The molecule has 3 aromatic rings. The number of methoxy groups -OCH3 is 1. The number of nitrogens with one attached hydrogen (secondary N) is 1. The molecule has 2 aromatic carbocycles. The summed E-state index contributed by atoms with van der Waals surface area (Å²) < 4.78 is 47.1. The third kappa shape index (κ3) is 5.25. The topological polar surface area (TPSA) is 113 Å². The van der Waals surface area contributed by atoms with Crippen molar-refractivity contribution in [1.29, 1.82) is 0 Å². The zero-order valence-electron chi connectivity index (χ0n) is 20.7. The Hall–Kier alpha value is -3.80. The Kier molecular flexibility index (Phi) is 7.15. The number of hydrogen-bond acceptors (Lipinski definition) is 6. The molecule has 2 fully saturated rings. The number of H-pyrrole nitrogens is 1. The molecule has 1 saturated carbocycles. The average molecular weight is 560 g/mol. The number of amides is 2. The monoisotopic (exact) mass is 559 g/mol. The normalized spacial score (nSPS) is 21.5. The number of ether oxygens (including phenoxy) is 1. The number of aromatic nitrogens is 2. The minimum absolute atomic E-state index is 0.0460. The lowest BCUT2D eigenvalue weighted by Crippen LogP contribution is -2.41. The summed E-state index contributed by atoms with van der Waals surface area (Å²) in [5, 5.41) is 16.3. The predicted molar refractivity (Wildman–Crippen MR) is 138 cm³/mol. The molecule has 2 aliphatic rings. The van der Waals surface area contributed by atoms with Crippen LogP contribution in [0.25, 0.3) is 16.5 Å². The lowest BCUT2D eigenvalue weighted by atomic mass is 9.85. The molecule has 39 heavy (non-hydrogen) atoms. The molecule has 1 aromatic heterocycles. The fourth-order valence-corrected chi connectivity index (χ4v) is 6.20. The van der Waals surface area contributed by atoms with E-state index in [2.05, 4.69) is 10.2 Å². The van der Waals surface area contributed by atoms with E-state index in [1.165, 1.54) is 19.2 Å². The van der Waals surface area contributed by atoms with E-state index in [0.717, 1.165) is 11.0 Å². The van der Waals surface area contributed by atoms with Crippen LogP contribution in [-0.2, 0) is 22.2 Å². The van der Waals surface area contributed by atoms with Crippen LogP contribution in [-0.4, -0.2) is 50.5 Å². The molecule has 2 amide bonds. The van der Waals surface area contributed by atoms with E-state index in [9.17, 15) is 32.7 Å². The van der Waals surface area contributed by atoms with E-state index in [-0.39, 0.29) is 22.6 Å². The number of halogens is 3. The first-order valence-corrected chi connectivity index (χ1v) is 13.1. The highest BCUT2D eigenvalue weighted by Gasteiger charge is 2.43. The third-order valence-electron chi connectivity index (χ3n) is 7.26. The van der Waals surface area contributed by atoms with Crippen LogP contribution in [0.15, 0.2) is 47.5 Å². The molecule has 0 unspecified atom stereocenters. The van der Waals surface area contributed by atoms with Crippen molar-refractivity contribution in [3.8, 4) is 5.75 Å². The second kappa shape index (κ2) is 10.4. The largest absolute Gasteiger partial charge is 0.497 e. The Morgan fingerprint density at radius 3 is 2.56 bits per heavy atom. The Bertz CT molecular complexity index is 1490. The maximum Gasteiger partial charge on any atom is 0.416 e. The van der Waals surface area contributed by atoms with Gasteiger partial charge in [0.05, 0.1) is 35.2 Å². The van der Waals surface area contributed by atoms with Gasteiger partial charge in [0.25, 0.3) is 11.1 Å². The molecule has 2 heterocycles. The van der Waals surface area contributed by atoms with E-state index < -0.39 is 40.8 Å². The smallest absolute Gasteiger partial charge is 0.416 e. The molecule has 1 aliphatic heterocycles. The van der Waals surface area contributed by atoms with Crippen molar-refractivity contribution < 1.29 is 37.4 Å². The van der Waals surface area contributed by atoms with Gasteiger partial charge in [-0.15, -0.1) is 0 Å². The first-order chi connectivity index (χ1) is 18.6. The summed E-state index contributed by atoms with van der Waals surface area (Å²) in [5.41, 5.74) is 0.530. The molecule has 12 heteroatoms. The molecule has 0 bridgehead atoms. The van der Waals surface area contributed by atoms with E-state index in [1.54, 1.807) is 24.4 Å². The number of rotatable bonds is 6. The van der Waals surface area contributed by atoms with Crippen LogP contribution in [0.2, 0.25) is 0 Å². The van der Waals surface area contributed by atoms with Gasteiger partial charge in [0, 0.05) is 11.4 Å². The van der Waals surface area contributed by atoms with Gasteiger partial charge in [-0.3, -0.25) is 24.4 Å². The number of fused-ring (bicyclic) bond motifs is 1. The number of carbonyl (C=O) groups excluding carboxylic acids is 2. The second-order valence-electron chi connectivity index (χ2n) is 9.56. The quantitative estimate of drug-likeness (QED) is 0.363. The molecule has 0 radical (unpaired) electrons. The van der Waals surface area contributed by atoms with Gasteiger partial charge in [0.2, 0.25) is 0 Å². The zero-order valence-corrected chi connectivity index (χ0v) is 21.6. The maximum absolute atomic E-state index is 14.0. The number of carbonyl (C=O) groups is 3. The van der Waals surface area contributed by atoms with Gasteiger partial charge in [0.15, 0.2) is 0 Å². The first-order valence-electron chi connectivity index (χ1n) is 12.3. The molecule has 1 aliphatic carbocycles. The van der Waals surface area contributed by atoms with Crippen molar-refractivity contribution in [2.24, 2.45) is 5.92 Å². The van der Waals surface area contributed by atoms with Gasteiger partial charge in [-0.05, 0) is 84.8 Å². The van der Waals surface area contributed by atoms with E-state index in [0.29, 0.717) is 59.5 Å². The molecular weight excluding hydrogens is 535 g/mol. The van der Waals surface area contributed by atoms with Gasteiger partial charge in [-0.2, -0.15) is 18.3 Å². The number of carboxylic acid groups (broad SMARTS) is 1. The summed E-state index contributed by atoms with van der Waals surface area (Å²) in [7, 11) is 1.28. The minimum atomic E-state index is -4.67. The van der Waals surface area contributed by atoms with Crippen LogP contribution in [0.5, 0.6) is 5.75 Å².